The molecule has 0 spiro atoms. The lowest BCUT2D eigenvalue weighted by Gasteiger charge is -2.32. The zero-order chi connectivity index (χ0) is 12.8. The third kappa shape index (κ3) is 3.66. The number of rotatable bonds is 4. The highest BCUT2D eigenvalue weighted by molar-refractivity contribution is 7.10. The molecule has 1 fully saturated rings. The first-order valence-electron chi connectivity index (χ1n) is 6.06. The number of amides is 1. The highest BCUT2D eigenvalue weighted by Gasteiger charge is 2.22. The maximum Gasteiger partial charge on any atom is 0.246 e. The van der Waals surface area contributed by atoms with Gasteiger partial charge in [-0.3, -0.25) is 4.79 Å². The van der Waals surface area contributed by atoms with Crippen LogP contribution in [0.25, 0.3) is 6.08 Å². The fourth-order valence-electron chi connectivity index (χ4n) is 1.92. The minimum absolute atomic E-state index is 0.0628. The summed E-state index contributed by atoms with van der Waals surface area (Å²) < 4.78 is 5.57. The molecule has 0 bridgehead atoms. The van der Waals surface area contributed by atoms with Gasteiger partial charge in [0, 0.05) is 30.6 Å². The molecule has 1 aliphatic rings. The SMILES string of the molecule is CNCC1CN(C(=O)/C=C/c2cccs2)CCO1. The van der Waals surface area contributed by atoms with E-state index >= 15 is 0 Å². The zero-order valence-corrected chi connectivity index (χ0v) is 11.3. The summed E-state index contributed by atoms with van der Waals surface area (Å²) in [5, 5.41) is 5.07. The van der Waals surface area contributed by atoms with Crippen LogP contribution in [-0.2, 0) is 9.53 Å². The molecule has 1 saturated heterocycles. The molecule has 1 aliphatic heterocycles. The highest BCUT2D eigenvalue weighted by atomic mass is 32.1. The lowest BCUT2D eigenvalue weighted by Crippen LogP contribution is -2.48. The van der Waals surface area contributed by atoms with Gasteiger partial charge in [0.05, 0.1) is 12.7 Å². The van der Waals surface area contributed by atoms with Crippen molar-refractivity contribution in [3.05, 3.63) is 28.5 Å². The maximum absolute atomic E-state index is 12.0. The van der Waals surface area contributed by atoms with E-state index in [0.29, 0.717) is 19.7 Å². The molecule has 0 radical (unpaired) electrons. The Balaban J connectivity index is 1.88. The fourth-order valence-corrected chi connectivity index (χ4v) is 2.53. The molecule has 18 heavy (non-hydrogen) atoms. The van der Waals surface area contributed by atoms with Crippen molar-refractivity contribution in [3.63, 3.8) is 0 Å². The summed E-state index contributed by atoms with van der Waals surface area (Å²) in [6, 6.07) is 3.98. The standard InChI is InChI=1S/C13H18N2O2S/c1-14-9-11-10-15(6-7-17-11)13(16)5-4-12-3-2-8-18-12/h2-5,8,11,14H,6-7,9-10H2,1H3/b5-4+. The Morgan fingerprint density at radius 1 is 1.72 bits per heavy atom. The van der Waals surface area contributed by atoms with Gasteiger partial charge < -0.3 is 15.0 Å². The number of likely N-dealkylation sites (N-methyl/N-ethyl adjacent to an activating group) is 1. The molecule has 1 amide bonds. The molecule has 0 saturated carbocycles. The average molecular weight is 266 g/mol. The van der Waals surface area contributed by atoms with Gasteiger partial charge in [0.25, 0.3) is 0 Å². The normalized spacial score (nSPS) is 20.5. The summed E-state index contributed by atoms with van der Waals surface area (Å²) in [7, 11) is 1.89. The third-order valence-corrected chi connectivity index (χ3v) is 3.65. The largest absolute Gasteiger partial charge is 0.373 e. The molecule has 5 heteroatoms. The van der Waals surface area contributed by atoms with Crippen LogP contribution < -0.4 is 5.32 Å². The van der Waals surface area contributed by atoms with E-state index in [9.17, 15) is 4.79 Å². The maximum atomic E-state index is 12.0. The van der Waals surface area contributed by atoms with E-state index in [1.807, 2.05) is 35.5 Å². The van der Waals surface area contributed by atoms with Crippen LogP contribution >= 0.6 is 11.3 Å². The Hall–Kier alpha value is -1.17. The van der Waals surface area contributed by atoms with Gasteiger partial charge in [0.2, 0.25) is 5.91 Å². The molecular weight excluding hydrogens is 248 g/mol. The summed E-state index contributed by atoms with van der Waals surface area (Å²) in [4.78, 5) is 15.0. The van der Waals surface area contributed by atoms with Crippen LogP contribution in [0.5, 0.6) is 0 Å². The minimum Gasteiger partial charge on any atom is -0.373 e. The third-order valence-electron chi connectivity index (χ3n) is 2.82. The molecule has 1 aromatic rings. The van der Waals surface area contributed by atoms with Crippen molar-refractivity contribution in [3.8, 4) is 0 Å². The molecule has 0 aliphatic carbocycles. The molecular formula is C13H18N2O2S. The molecule has 98 valence electrons. The minimum atomic E-state index is 0.0628. The van der Waals surface area contributed by atoms with Gasteiger partial charge in [-0.05, 0) is 24.6 Å². The molecule has 2 heterocycles. The summed E-state index contributed by atoms with van der Waals surface area (Å²) in [6.07, 6.45) is 3.62. The van der Waals surface area contributed by atoms with Crippen LogP contribution in [0, 0.1) is 0 Å². The van der Waals surface area contributed by atoms with Gasteiger partial charge in [-0.1, -0.05) is 6.07 Å². The van der Waals surface area contributed by atoms with Gasteiger partial charge in [0.1, 0.15) is 0 Å². The second-order valence-electron chi connectivity index (χ2n) is 4.18. The van der Waals surface area contributed by atoms with Gasteiger partial charge in [-0.15, -0.1) is 11.3 Å². The Morgan fingerprint density at radius 2 is 2.61 bits per heavy atom. The van der Waals surface area contributed by atoms with Crippen molar-refractivity contribution in [2.75, 3.05) is 33.3 Å². The van der Waals surface area contributed by atoms with Crippen LogP contribution in [-0.4, -0.2) is 50.2 Å². The van der Waals surface area contributed by atoms with E-state index in [1.54, 1.807) is 17.4 Å². The summed E-state index contributed by atoms with van der Waals surface area (Å²) in [6.45, 7) is 2.73. The Bertz CT molecular complexity index is 401. The number of hydrogen-bond acceptors (Lipinski definition) is 4. The quantitative estimate of drug-likeness (QED) is 0.833. The number of morpholine rings is 1. The number of carbonyl (C=O) groups excluding carboxylic acids is 1. The van der Waals surface area contributed by atoms with Gasteiger partial charge in [0.15, 0.2) is 0 Å². The average Bonchev–Trinajstić information content (AvgIpc) is 2.90. The Labute approximate surface area is 111 Å². The van der Waals surface area contributed by atoms with Crippen LogP contribution in [0.1, 0.15) is 4.88 Å². The first-order chi connectivity index (χ1) is 8.79. The van der Waals surface area contributed by atoms with E-state index < -0.39 is 0 Å². The number of nitrogens with one attached hydrogen (secondary N) is 1. The lowest BCUT2D eigenvalue weighted by molar-refractivity contribution is -0.133. The molecule has 4 nitrogen and oxygen atoms in total. The molecule has 0 aromatic carbocycles. The predicted molar refractivity (Wildman–Crippen MR) is 73.6 cm³/mol. The van der Waals surface area contributed by atoms with E-state index in [2.05, 4.69) is 5.32 Å². The van der Waals surface area contributed by atoms with E-state index in [1.165, 1.54) is 0 Å². The van der Waals surface area contributed by atoms with Crippen molar-refractivity contribution in [2.24, 2.45) is 0 Å². The van der Waals surface area contributed by atoms with Crippen LogP contribution in [0.4, 0.5) is 0 Å². The van der Waals surface area contributed by atoms with Crippen molar-refractivity contribution < 1.29 is 9.53 Å². The van der Waals surface area contributed by atoms with Crippen molar-refractivity contribution in [2.45, 2.75) is 6.10 Å². The molecule has 1 atom stereocenters. The van der Waals surface area contributed by atoms with Gasteiger partial charge in [-0.2, -0.15) is 0 Å². The smallest absolute Gasteiger partial charge is 0.246 e. The number of thiophene rings is 1. The van der Waals surface area contributed by atoms with Crippen molar-refractivity contribution in [1.29, 1.82) is 0 Å². The van der Waals surface area contributed by atoms with Crippen LogP contribution in [0.15, 0.2) is 23.6 Å². The number of ether oxygens (including phenoxy) is 1. The first-order valence-corrected chi connectivity index (χ1v) is 6.94. The number of hydrogen-bond donors (Lipinski definition) is 1. The van der Waals surface area contributed by atoms with Gasteiger partial charge >= 0.3 is 0 Å². The molecule has 1 N–H and O–H groups in total. The van der Waals surface area contributed by atoms with E-state index in [-0.39, 0.29) is 12.0 Å². The van der Waals surface area contributed by atoms with Crippen LogP contribution in [0.2, 0.25) is 0 Å². The summed E-state index contributed by atoms with van der Waals surface area (Å²) >= 11 is 1.63. The predicted octanol–water partition coefficient (Wildman–Crippen LogP) is 1.21. The van der Waals surface area contributed by atoms with Gasteiger partial charge in [-0.25, -0.2) is 0 Å². The van der Waals surface area contributed by atoms with Crippen molar-refractivity contribution in [1.82, 2.24) is 10.2 Å². The summed E-state index contributed by atoms with van der Waals surface area (Å²) in [5.74, 6) is 0.0628. The monoisotopic (exact) mass is 266 g/mol. The van der Waals surface area contributed by atoms with E-state index in [0.717, 1.165) is 11.4 Å². The first kappa shape index (κ1) is 13.3. The van der Waals surface area contributed by atoms with E-state index in [4.69, 9.17) is 4.74 Å². The molecule has 1 unspecified atom stereocenters. The second kappa shape index (κ2) is 6.68. The molecule has 2 rings (SSSR count). The fraction of sp³-hybridized carbons (Fsp3) is 0.462. The topological polar surface area (TPSA) is 41.6 Å². The second-order valence-corrected chi connectivity index (χ2v) is 5.16. The molecule has 1 aromatic heterocycles. The Morgan fingerprint density at radius 3 is 3.33 bits per heavy atom. The highest BCUT2D eigenvalue weighted by Crippen LogP contribution is 2.11. The number of carbonyl (C=O) groups is 1. The van der Waals surface area contributed by atoms with Crippen molar-refractivity contribution >= 4 is 23.3 Å². The number of nitrogens with zero attached hydrogens (tertiary/aromatic N) is 1. The Kier molecular flexibility index (Phi) is 4.92. The lowest BCUT2D eigenvalue weighted by atomic mass is 10.2. The summed E-state index contributed by atoms with van der Waals surface area (Å²) in [5.41, 5.74) is 0. The zero-order valence-electron chi connectivity index (χ0n) is 10.5. The van der Waals surface area contributed by atoms with Crippen LogP contribution in [0.3, 0.4) is 0 Å².